The van der Waals surface area contributed by atoms with Gasteiger partial charge in [-0.05, 0) is 65.7 Å². The van der Waals surface area contributed by atoms with Crippen molar-refractivity contribution in [3.05, 3.63) is 89.7 Å². The first-order valence-electron chi connectivity index (χ1n) is 8.18. The van der Waals surface area contributed by atoms with Gasteiger partial charge in [-0.1, -0.05) is 12.1 Å². The van der Waals surface area contributed by atoms with Crippen molar-refractivity contribution in [1.29, 1.82) is 5.26 Å². The van der Waals surface area contributed by atoms with Crippen molar-refractivity contribution in [2.45, 2.75) is 0 Å². The lowest BCUT2D eigenvalue weighted by Gasteiger charge is -2.06. The maximum absolute atomic E-state index is 12.1. The van der Waals surface area contributed by atoms with Crippen molar-refractivity contribution >= 4 is 17.6 Å². The maximum Gasteiger partial charge on any atom is 0.345 e. The second kappa shape index (κ2) is 8.45. The zero-order chi connectivity index (χ0) is 19.1. The number of carbonyl (C=O) groups is 1. The molecule has 0 aliphatic rings. The molecule has 0 unspecified atom stereocenters. The topological polar surface area (TPSA) is 72.2 Å². The van der Waals surface area contributed by atoms with Gasteiger partial charge in [0.1, 0.15) is 11.5 Å². The Morgan fingerprint density at radius 1 is 1.04 bits per heavy atom. The van der Waals surface area contributed by atoms with E-state index in [1.54, 1.807) is 61.8 Å². The van der Waals surface area contributed by atoms with E-state index in [2.05, 4.69) is 11.1 Å². The number of allylic oxidation sites excluding steroid dienone is 1. The molecule has 3 rings (SSSR count). The normalized spacial score (nSPS) is 10.7. The summed E-state index contributed by atoms with van der Waals surface area (Å²) >= 11 is 0. The Hall–Kier alpha value is -3.91. The molecule has 0 saturated carbocycles. The van der Waals surface area contributed by atoms with Gasteiger partial charge in [0.25, 0.3) is 0 Å². The van der Waals surface area contributed by atoms with Crippen LogP contribution in [0.15, 0.2) is 73.1 Å². The number of methoxy groups -OCH3 is 1. The number of hydrogen-bond donors (Lipinski definition) is 0. The maximum atomic E-state index is 12.1. The summed E-state index contributed by atoms with van der Waals surface area (Å²) in [6.45, 7) is 0. The summed E-state index contributed by atoms with van der Waals surface area (Å²) in [6, 6.07) is 19.7. The minimum Gasteiger partial charge on any atom is -0.497 e. The van der Waals surface area contributed by atoms with Crippen LogP contribution in [0.5, 0.6) is 11.5 Å². The van der Waals surface area contributed by atoms with Crippen molar-refractivity contribution < 1.29 is 14.3 Å². The number of aromatic nitrogens is 1. The second-order valence-electron chi connectivity index (χ2n) is 5.60. The van der Waals surface area contributed by atoms with Crippen LogP contribution in [0.2, 0.25) is 0 Å². The molecule has 0 N–H and O–H groups in total. The fourth-order valence-corrected chi connectivity index (χ4v) is 2.43. The van der Waals surface area contributed by atoms with Crippen LogP contribution in [0.1, 0.15) is 21.5 Å². The smallest absolute Gasteiger partial charge is 0.345 e. The molecule has 0 aliphatic heterocycles. The molecule has 2 aromatic carbocycles. The number of ether oxygens (including phenoxy) is 2. The monoisotopic (exact) mass is 356 g/mol. The first-order valence-corrected chi connectivity index (χ1v) is 8.18. The van der Waals surface area contributed by atoms with Crippen molar-refractivity contribution in [3.8, 4) is 17.6 Å². The highest BCUT2D eigenvalue weighted by Gasteiger charge is 2.09. The predicted molar refractivity (Wildman–Crippen MR) is 102 cm³/mol. The number of rotatable bonds is 5. The van der Waals surface area contributed by atoms with Crippen molar-refractivity contribution in [2.24, 2.45) is 0 Å². The van der Waals surface area contributed by atoms with E-state index in [1.807, 2.05) is 18.2 Å². The molecule has 0 radical (unpaired) electrons. The lowest BCUT2D eigenvalue weighted by atomic mass is 10.0. The van der Waals surface area contributed by atoms with E-state index in [0.29, 0.717) is 16.9 Å². The first-order chi connectivity index (χ1) is 13.2. The summed E-state index contributed by atoms with van der Waals surface area (Å²) in [4.78, 5) is 16.0. The lowest BCUT2D eigenvalue weighted by Crippen LogP contribution is -2.08. The molecule has 5 nitrogen and oxygen atoms in total. The van der Waals surface area contributed by atoms with E-state index in [-0.39, 0.29) is 0 Å². The molecule has 27 heavy (non-hydrogen) atoms. The highest BCUT2D eigenvalue weighted by molar-refractivity contribution is 5.91. The van der Waals surface area contributed by atoms with Crippen LogP contribution in [0.4, 0.5) is 0 Å². The van der Waals surface area contributed by atoms with Crippen LogP contribution in [-0.4, -0.2) is 18.1 Å². The highest BCUT2D eigenvalue weighted by atomic mass is 16.5. The third kappa shape index (κ3) is 4.59. The van der Waals surface area contributed by atoms with Gasteiger partial charge in [-0.3, -0.25) is 4.98 Å². The minimum atomic E-state index is -0.486. The Bertz CT molecular complexity index is 1000. The molecule has 132 valence electrons. The number of carbonyl (C=O) groups excluding carboxylic acids is 1. The van der Waals surface area contributed by atoms with Gasteiger partial charge in [0, 0.05) is 12.4 Å². The van der Waals surface area contributed by atoms with E-state index >= 15 is 0 Å². The van der Waals surface area contributed by atoms with E-state index in [0.717, 1.165) is 16.9 Å². The SMILES string of the molecule is COc1ccc(/C(C#N)=C\c2cccc(OC(=O)c3cccnc3)c2)cc1. The zero-order valence-corrected chi connectivity index (χ0v) is 14.6. The first kappa shape index (κ1) is 17.9. The lowest BCUT2D eigenvalue weighted by molar-refractivity contribution is 0.0734. The molecule has 0 bridgehead atoms. The van der Waals surface area contributed by atoms with Crippen molar-refractivity contribution in [3.63, 3.8) is 0 Å². The van der Waals surface area contributed by atoms with Gasteiger partial charge in [0.2, 0.25) is 0 Å². The van der Waals surface area contributed by atoms with Gasteiger partial charge in [-0.25, -0.2) is 4.79 Å². The largest absolute Gasteiger partial charge is 0.497 e. The number of benzene rings is 2. The highest BCUT2D eigenvalue weighted by Crippen LogP contribution is 2.23. The summed E-state index contributed by atoms with van der Waals surface area (Å²) in [6.07, 6.45) is 4.78. The number of nitriles is 1. The van der Waals surface area contributed by atoms with Crippen LogP contribution in [0, 0.1) is 11.3 Å². The average Bonchev–Trinajstić information content (AvgIpc) is 2.73. The molecule has 0 aliphatic carbocycles. The third-order valence-corrected chi connectivity index (χ3v) is 3.80. The summed E-state index contributed by atoms with van der Waals surface area (Å²) in [5.41, 5.74) is 2.39. The standard InChI is InChI=1S/C22H16N2O3/c1-26-20-9-7-17(8-10-20)19(14-23)12-16-4-2-6-21(13-16)27-22(25)18-5-3-11-24-15-18/h2-13,15H,1H3/b19-12-. The Kier molecular flexibility index (Phi) is 5.60. The Balaban J connectivity index is 1.82. The summed E-state index contributed by atoms with van der Waals surface area (Å²) in [5, 5.41) is 9.49. The molecular weight excluding hydrogens is 340 g/mol. The third-order valence-electron chi connectivity index (χ3n) is 3.80. The van der Waals surface area contributed by atoms with E-state index in [1.165, 1.54) is 6.20 Å². The Labute approximate surface area is 157 Å². The van der Waals surface area contributed by atoms with Gasteiger partial charge in [-0.2, -0.15) is 5.26 Å². The zero-order valence-electron chi connectivity index (χ0n) is 14.6. The van der Waals surface area contributed by atoms with Crippen LogP contribution >= 0.6 is 0 Å². The second-order valence-corrected chi connectivity index (χ2v) is 5.60. The summed E-state index contributed by atoms with van der Waals surface area (Å²) in [7, 11) is 1.59. The van der Waals surface area contributed by atoms with Gasteiger partial charge in [-0.15, -0.1) is 0 Å². The Morgan fingerprint density at radius 2 is 1.85 bits per heavy atom. The molecule has 1 aromatic heterocycles. The molecule has 0 fully saturated rings. The number of hydrogen-bond acceptors (Lipinski definition) is 5. The molecule has 0 saturated heterocycles. The summed E-state index contributed by atoms with van der Waals surface area (Å²) in [5.74, 6) is 0.630. The van der Waals surface area contributed by atoms with Crippen LogP contribution in [0.3, 0.4) is 0 Å². The number of pyridine rings is 1. The van der Waals surface area contributed by atoms with E-state index < -0.39 is 5.97 Å². The minimum absolute atomic E-state index is 0.370. The summed E-state index contributed by atoms with van der Waals surface area (Å²) < 4.78 is 10.5. The van der Waals surface area contributed by atoms with Crippen LogP contribution < -0.4 is 9.47 Å². The van der Waals surface area contributed by atoms with Crippen molar-refractivity contribution in [1.82, 2.24) is 4.98 Å². The van der Waals surface area contributed by atoms with Crippen LogP contribution in [0.25, 0.3) is 11.6 Å². The molecule has 1 heterocycles. The quantitative estimate of drug-likeness (QED) is 0.294. The van der Waals surface area contributed by atoms with Crippen LogP contribution in [-0.2, 0) is 0 Å². The molecule has 0 spiro atoms. The van der Waals surface area contributed by atoms with Gasteiger partial charge in [0.15, 0.2) is 0 Å². The van der Waals surface area contributed by atoms with E-state index in [9.17, 15) is 10.1 Å². The van der Waals surface area contributed by atoms with Gasteiger partial charge < -0.3 is 9.47 Å². The fourth-order valence-electron chi connectivity index (χ4n) is 2.43. The van der Waals surface area contributed by atoms with Gasteiger partial charge in [0.05, 0.1) is 24.3 Å². The number of esters is 1. The molecule has 5 heteroatoms. The molecule has 0 amide bonds. The van der Waals surface area contributed by atoms with Gasteiger partial charge >= 0.3 is 5.97 Å². The average molecular weight is 356 g/mol. The molecule has 0 atom stereocenters. The Morgan fingerprint density at radius 3 is 2.52 bits per heavy atom. The molecule has 3 aromatic rings. The molecular formula is C22H16N2O3. The fraction of sp³-hybridized carbons (Fsp3) is 0.0455. The predicted octanol–water partition coefficient (Wildman–Crippen LogP) is 4.37. The van der Waals surface area contributed by atoms with Crippen molar-refractivity contribution in [2.75, 3.05) is 7.11 Å². The number of nitrogens with zero attached hydrogens (tertiary/aromatic N) is 2. The van der Waals surface area contributed by atoms with E-state index in [4.69, 9.17) is 9.47 Å².